The van der Waals surface area contributed by atoms with Crippen LogP contribution in [0.5, 0.6) is 0 Å². The fourth-order valence-corrected chi connectivity index (χ4v) is 6.53. The second kappa shape index (κ2) is 14.4. The minimum absolute atomic E-state index is 0.0168. The molecule has 0 spiro atoms. The maximum atomic E-state index is 14.3. The van der Waals surface area contributed by atoms with Crippen molar-refractivity contribution in [1.82, 2.24) is 24.2 Å². The molecule has 1 saturated heterocycles. The molecule has 0 bridgehead atoms. The zero-order valence-electron chi connectivity index (χ0n) is 30.5. The number of hydrogen-bond acceptors (Lipinski definition) is 6. The number of carbonyl (C=O) groups excluding carboxylic acids is 2. The molecule has 1 N–H and O–H groups in total. The first-order chi connectivity index (χ1) is 25.0. The van der Waals surface area contributed by atoms with Crippen LogP contribution < -0.4 is 10.2 Å². The van der Waals surface area contributed by atoms with Crippen LogP contribution in [-0.2, 0) is 16.6 Å². The summed E-state index contributed by atoms with van der Waals surface area (Å²) in [5.41, 5.74) is 8.35. The number of carbonyl (C=O) groups is 2. The predicted octanol–water partition coefficient (Wildman–Crippen LogP) is 8.04. The molecule has 9 nitrogen and oxygen atoms in total. The lowest BCUT2D eigenvalue weighted by Gasteiger charge is -2.32. The Kier molecular flexibility index (Phi) is 9.62. The lowest BCUT2D eigenvalue weighted by atomic mass is 9.86. The van der Waals surface area contributed by atoms with Crippen molar-refractivity contribution in [3.63, 3.8) is 0 Å². The van der Waals surface area contributed by atoms with Gasteiger partial charge in [-0.15, -0.1) is 0 Å². The number of aryl methyl sites for hydroxylation is 1. The van der Waals surface area contributed by atoms with Gasteiger partial charge in [-0.3, -0.25) is 14.5 Å². The van der Waals surface area contributed by atoms with Gasteiger partial charge in [0.15, 0.2) is 11.5 Å². The van der Waals surface area contributed by atoms with E-state index >= 15 is 0 Å². The molecule has 4 aromatic carbocycles. The molecule has 1 fully saturated rings. The molecular weight excluding hydrogens is 647 g/mol. The minimum atomic E-state index is -0.110. The van der Waals surface area contributed by atoms with E-state index in [4.69, 9.17) is 4.98 Å². The average Bonchev–Trinajstić information content (AvgIpc) is 3.63. The van der Waals surface area contributed by atoms with E-state index in [2.05, 4.69) is 43.0 Å². The highest BCUT2D eigenvalue weighted by molar-refractivity contribution is 6.11. The Bertz CT molecular complexity index is 2200. The molecule has 6 aromatic rings. The number of fused-ring (bicyclic) bond motifs is 1. The second-order valence-corrected chi connectivity index (χ2v) is 14.6. The number of anilines is 4. The summed E-state index contributed by atoms with van der Waals surface area (Å²) < 4.78 is 1.95. The van der Waals surface area contributed by atoms with E-state index in [1.807, 2.05) is 126 Å². The van der Waals surface area contributed by atoms with E-state index in [0.717, 1.165) is 65.6 Å². The first-order valence-corrected chi connectivity index (χ1v) is 17.8. The van der Waals surface area contributed by atoms with Crippen molar-refractivity contribution >= 4 is 40.3 Å². The second-order valence-electron chi connectivity index (χ2n) is 14.6. The molecule has 2 aromatic heterocycles. The normalized spacial score (nSPS) is 13.7. The number of imidazole rings is 1. The summed E-state index contributed by atoms with van der Waals surface area (Å²) in [5.74, 6) is 0.646. The van der Waals surface area contributed by atoms with Crippen molar-refractivity contribution in [2.75, 3.05) is 43.4 Å². The van der Waals surface area contributed by atoms with E-state index in [1.165, 1.54) is 5.56 Å². The number of nitrogens with zero attached hydrogens (tertiary/aromatic N) is 6. The van der Waals surface area contributed by atoms with Gasteiger partial charge in [0.2, 0.25) is 5.91 Å². The standard InChI is InChI=1S/C43H45N7O2/c1-30-11-14-33(28-38(30)50(36-9-7-6-8-10-36)42(52)32-15-17-34(18-16-32)43(2,3)4)37-29-49-22-21-44-41(49)40(46-37)45-35-19-12-31(13-20-35)27-39(51)48-25-23-47(5)24-26-48/h6-22,28-29H,23-27H2,1-5H3,(H,45,46). The number of piperazine rings is 1. The third-order valence-corrected chi connectivity index (χ3v) is 9.76. The Hall–Kier alpha value is -5.80. The molecule has 3 heterocycles. The Morgan fingerprint density at radius 3 is 2.27 bits per heavy atom. The first kappa shape index (κ1) is 34.6. The van der Waals surface area contributed by atoms with E-state index < -0.39 is 0 Å². The van der Waals surface area contributed by atoms with Gasteiger partial charge in [-0.1, -0.05) is 75.4 Å². The zero-order chi connectivity index (χ0) is 36.4. The number of nitrogens with one attached hydrogen (secondary N) is 1. The molecule has 0 saturated carbocycles. The lowest BCUT2D eigenvalue weighted by molar-refractivity contribution is -0.132. The summed E-state index contributed by atoms with van der Waals surface area (Å²) in [5, 5.41) is 3.46. The van der Waals surface area contributed by atoms with Crippen molar-refractivity contribution < 1.29 is 9.59 Å². The van der Waals surface area contributed by atoms with Crippen molar-refractivity contribution in [3.8, 4) is 11.3 Å². The highest BCUT2D eigenvalue weighted by atomic mass is 16.2. The van der Waals surface area contributed by atoms with Gasteiger partial charge in [0, 0.05) is 67.3 Å². The Balaban J connectivity index is 1.18. The molecular formula is C43H45N7O2. The molecule has 1 aliphatic rings. The summed E-state index contributed by atoms with van der Waals surface area (Å²) in [7, 11) is 2.09. The van der Waals surface area contributed by atoms with Gasteiger partial charge in [-0.05, 0) is 78.5 Å². The Labute approximate surface area is 305 Å². The number of rotatable bonds is 8. The number of aromatic nitrogens is 3. The first-order valence-electron chi connectivity index (χ1n) is 17.8. The molecule has 264 valence electrons. The van der Waals surface area contributed by atoms with Crippen LogP contribution in [-0.4, -0.2) is 69.2 Å². The summed E-state index contributed by atoms with van der Waals surface area (Å²) in [4.78, 5) is 42.9. The van der Waals surface area contributed by atoms with Crippen LogP contribution in [0.2, 0.25) is 0 Å². The number of amides is 2. The zero-order valence-corrected chi connectivity index (χ0v) is 30.5. The largest absolute Gasteiger partial charge is 0.340 e. The summed E-state index contributed by atoms with van der Waals surface area (Å²) in [6.45, 7) is 11.9. The molecule has 2 amide bonds. The molecule has 52 heavy (non-hydrogen) atoms. The quantitative estimate of drug-likeness (QED) is 0.174. The summed E-state index contributed by atoms with van der Waals surface area (Å²) in [6, 6.07) is 31.7. The van der Waals surface area contributed by atoms with Gasteiger partial charge in [0.1, 0.15) is 0 Å². The SMILES string of the molecule is Cc1ccc(-c2cn3ccnc3c(Nc3ccc(CC(=O)N4CCN(C)CC4)cc3)n2)cc1N(C(=O)c1ccc(C(C)(C)C)cc1)c1ccccc1. The van der Waals surface area contributed by atoms with E-state index in [-0.39, 0.29) is 17.2 Å². The summed E-state index contributed by atoms with van der Waals surface area (Å²) in [6.07, 6.45) is 5.98. The third-order valence-electron chi connectivity index (χ3n) is 9.76. The van der Waals surface area contributed by atoms with Gasteiger partial charge in [0.25, 0.3) is 5.91 Å². The van der Waals surface area contributed by atoms with Crippen molar-refractivity contribution in [2.24, 2.45) is 0 Å². The molecule has 0 unspecified atom stereocenters. The third kappa shape index (κ3) is 7.45. The van der Waals surface area contributed by atoms with Crippen molar-refractivity contribution in [3.05, 3.63) is 138 Å². The van der Waals surface area contributed by atoms with Crippen molar-refractivity contribution in [2.45, 2.75) is 39.5 Å². The van der Waals surface area contributed by atoms with Gasteiger partial charge in [0.05, 0.1) is 17.8 Å². The van der Waals surface area contributed by atoms with Crippen LogP contribution >= 0.6 is 0 Å². The van der Waals surface area contributed by atoms with E-state index in [1.54, 1.807) is 11.1 Å². The van der Waals surface area contributed by atoms with Crippen LogP contribution in [0.3, 0.4) is 0 Å². The Morgan fingerprint density at radius 1 is 0.865 bits per heavy atom. The number of likely N-dealkylation sites (N-methyl/N-ethyl adjacent to an activating group) is 1. The Morgan fingerprint density at radius 2 is 1.58 bits per heavy atom. The number of benzene rings is 4. The minimum Gasteiger partial charge on any atom is -0.340 e. The van der Waals surface area contributed by atoms with Crippen LogP contribution in [0.25, 0.3) is 16.9 Å². The van der Waals surface area contributed by atoms with Crippen LogP contribution in [0.1, 0.15) is 47.8 Å². The molecule has 0 radical (unpaired) electrons. The number of hydrogen-bond donors (Lipinski definition) is 1. The molecule has 9 heteroatoms. The number of para-hydroxylation sites is 1. The highest BCUT2D eigenvalue weighted by Gasteiger charge is 2.24. The van der Waals surface area contributed by atoms with Gasteiger partial charge in [-0.2, -0.15) is 0 Å². The fourth-order valence-electron chi connectivity index (χ4n) is 6.53. The van der Waals surface area contributed by atoms with E-state index in [9.17, 15) is 9.59 Å². The monoisotopic (exact) mass is 691 g/mol. The lowest BCUT2D eigenvalue weighted by Crippen LogP contribution is -2.47. The van der Waals surface area contributed by atoms with Crippen molar-refractivity contribution in [1.29, 1.82) is 0 Å². The van der Waals surface area contributed by atoms with Crippen LogP contribution in [0, 0.1) is 6.92 Å². The average molecular weight is 692 g/mol. The summed E-state index contributed by atoms with van der Waals surface area (Å²) >= 11 is 0. The topological polar surface area (TPSA) is 86.1 Å². The van der Waals surface area contributed by atoms with Gasteiger partial charge >= 0.3 is 0 Å². The molecule has 7 rings (SSSR count). The van der Waals surface area contributed by atoms with Gasteiger partial charge in [-0.25, -0.2) is 9.97 Å². The van der Waals surface area contributed by atoms with Crippen LogP contribution in [0.4, 0.5) is 22.9 Å². The molecule has 0 atom stereocenters. The fraction of sp³-hybridized carbons (Fsp3) is 0.256. The van der Waals surface area contributed by atoms with E-state index in [0.29, 0.717) is 23.4 Å². The van der Waals surface area contributed by atoms with Crippen LogP contribution in [0.15, 0.2) is 116 Å². The maximum Gasteiger partial charge on any atom is 0.262 e. The molecule has 1 aliphatic heterocycles. The highest BCUT2D eigenvalue weighted by Crippen LogP contribution is 2.35. The van der Waals surface area contributed by atoms with Gasteiger partial charge < -0.3 is 19.5 Å². The maximum absolute atomic E-state index is 14.3. The smallest absolute Gasteiger partial charge is 0.262 e. The molecule has 0 aliphatic carbocycles. The predicted molar refractivity (Wildman–Crippen MR) is 209 cm³/mol.